The summed E-state index contributed by atoms with van der Waals surface area (Å²) >= 11 is 0. The van der Waals surface area contributed by atoms with Crippen LogP contribution in [0.5, 0.6) is 0 Å². The number of benzene rings is 4. The Morgan fingerprint density at radius 3 is 2.25 bits per heavy atom. The lowest BCUT2D eigenvalue weighted by molar-refractivity contribution is 0.0849. The van der Waals surface area contributed by atoms with Gasteiger partial charge in [0.25, 0.3) is 0 Å². The molecule has 2 atom stereocenters. The number of hydrogen-bond donors (Lipinski definition) is 0. The van der Waals surface area contributed by atoms with Crippen molar-refractivity contribution in [3.8, 4) is 11.1 Å². The van der Waals surface area contributed by atoms with Crippen LogP contribution in [-0.4, -0.2) is 29.7 Å². The molecule has 36 heavy (non-hydrogen) atoms. The minimum Gasteiger partial charge on any atom is -0.448 e. The van der Waals surface area contributed by atoms with E-state index in [1.807, 2.05) is 4.90 Å². The number of rotatable bonds is 4. The van der Waals surface area contributed by atoms with E-state index >= 15 is 0 Å². The second-order valence-corrected chi connectivity index (χ2v) is 10.4. The second-order valence-electron chi connectivity index (χ2n) is 10.4. The maximum absolute atomic E-state index is 13.3. The largest absolute Gasteiger partial charge is 0.448 e. The van der Waals surface area contributed by atoms with Crippen molar-refractivity contribution in [2.75, 3.05) is 6.61 Å². The normalized spacial score (nSPS) is 20.2. The number of ether oxygens (including phenoxy) is 1. The van der Waals surface area contributed by atoms with Gasteiger partial charge in [-0.15, -0.1) is 0 Å². The third-order valence-corrected chi connectivity index (χ3v) is 8.26. The molecule has 2 bridgehead atoms. The molecule has 178 valence electrons. The summed E-state index contributed by atoms with van der Waals surface area (Å²) in [4.78, 5) is 15.3. The van der Waals surface area contributed by atoms with Crippen molar-refractivity contribution in [1.29, 1.82) is 0 Å². The van der Waals surface area contributed by atoms with Gasteiger partial charge in [0, 0.05) is 12.0 Å². The summed E-state index contributed by atoms with van der Waals surface area (Å²) in [5, 5.41) is 2.56. The molecule has 1 amide bonds. The molecule has 3 heteroatoms. The van der Waals surface area contributed by atoms with Gasteiger partial charge >= 0.3 is 6.09 Å². The standard InChI is InChI=1S/C33H29NO2/c35-33(36-21-32-30-11-5-3-9-28(30)29-10-4-6-12-31(29)32)34-26-15-16-27(34)20-23(19-26)17-22-13-14-24-7-1-2-8-25(24)18-22/h1-14,18-19,26-27,32H,15-17,20-21H2. The van der Waals surface area contributed by atoms with E-state index in [4.69, 9.17) is 4.74 Å². The van der Waals surface area contributed by atoms with E-state index in [9.17, 15) is 4.79 Å². The quantitative estimate of drug-likeness (QED) is 0.289. The first-order valence-electron chi connectivity index (χ1n) is 13.1. The molecular formula is C33H29NO2. The summed E-state index contributed by atoms with van der Waals surface area (Å²) in [5.74, 6) is 0.0998. The fourth-order valence-electron chi connectivity index (χ4n) is 6.61. The molecule has 1 saturated heterocycles. The van der Waals surface area contributed by atoms with Crippen LogP contribution in [0.25, 0.3) is 21.9 Å². The van der Waals surface area contributed by atoms with Crippen LogP contribution >= 0.6 is 0 Å². The van der Waals surface area contributed by atoms with Crippen molar-refractivity contribution in [2.24, 2.45) is 0 Å². The predicted molar refractivity (Wildman–Crippen MR) is 144 cm³/mol. The Kier molecular flexibility index (Phi) is 5.16. The topological polar surface area (TPSA) is 29.5 Å². The second kappa shape index (κ2) is 8.67. The van der Waals surface area contributed by atoms with E-state index in [1.165, 1.54) is 44.2 Å². The molecule has 0 aromatic heterocycles. The van der Waals surface area contributed by atoms with Gasteiger partial charge in [-0.3, -0.25) is 4.90 Å². The summed E-state index contributed by atoms with van der Waals surface area (Å²) < 4.78 is 6.02. The highest BCUT2D eigenvalue weighted by atomic mass is 16.6. The van der Waals surface area contributed by atoms with Crippen LogP contribution in [-0.2, 0) is 11.2 Å². The fourth-order valence-corrected chi connectivity index (χ4v) is 6.61. The zero-order valence-electron chi connectivity index (χ0n) is 20.3. The van der Waals surface area contributed by atoms with E-state index < -0.39 is 0 Å². The van der Waals surface area contributed by atoms with Crippen molar-refractivity contribution < 1.29 is 9.53 Å². The molecule has 4 aromatic carbocycles. The first kappa shape index (κ1) is 21.4. The lowest BCUT2D eigenvalue weighted by atomic mass is 9.94. The first-order valence-corrected chi connectivity index (χ1v) is 13.1. The van der Waals surface area contributed by atoms with Gasteiger partial charge in [-0.05, 0) is 64.3 Å². The Labute approximate surface area is 212 Å². The Hall–Kier alpha value is -3.85. The summed E-state index contributed by atoms with van der Waals surface area (Å²) in [6.45, 7) is 0.385. The lowest BCUT2D eigenvalue weighted by Crippen LogP contribution is -2.44. The minimum atomic E-state index is -0.162. The van der Waals surface area contributed by atoms with Crippen molar-refractivity contribution in [2.45, 2.75) is 43.7 Å². The highest BCUT2D eigenvalue weighted by molar-refractivity contribution is 5.83. The highest BCUT2D eigenvalue weighted by Crippen LogP contribution is 2.45. The Balaban J connectivity index is 1.06. The molecule has 2 heterocycles. The number of carbonyl (C=O) groups is 1. The molecule has 2 aliphatic heterocycles. The average molecular weight is 472 g/mol. The number of nitrogens with zero attached hydrogens (tertiary/aromatic N) is 1. The van der Waals surface area contributed by atoms with Gasteiger partial charge in [0.15, 0.2) is 0 Å². The molecule has 0 radical (unpaired) electrons. The third kappa shape index (κ3) is 3.62. The van der Waals surface area contributed by atoms with Crippen LogP contribution in [0.3, 0.4) is 0 Å². The Morgan fingerprint density at radius 1 is 0.806 bits per heavy atom. The van der Waals surface area contributed by atoms with E-state index in [2.05, 4.69) is 97.1 Å². The smallest absolute Gasteiger partial charge is 0.410 e. The van der Waals surface area contributed by atoms with Crippen LogP contribution in [0.4, 0.5) is 4.79 Å². The van der Waals surface area contributed by atoms with Crippen LogP contribution in [0.15, 0.2) is 103 Å². The van der Waals surface area contributed by atoms with Crippen molar-refractivity contribution >= 4 is 16.9 Å². The van der Waals surface area contributed by atoms with E-state index in [0.29, 0.717) is 6.61 Å². The maximum atomic E-state index is 13.3. The highest BCUT2D eigenvalue weighted by Gasteiger charge is 2.41. The molecule has 3 nitrogen and oxygen atoms in total. The Bertz CT molecular complexity index is 1460. The zero-order chi connectivity index (χ0) is 24.1. The van der Waals surface area contributed by atoms with Crippen LogP contribution in [0, 0.1) is 0 Å². The predicted octanol–water partition coefficient (Wildman–Crippen LogP) is 7.49. The average Bonchev–Trinajstić information content (AvgIpc) is 3.38. The van der Waals surface area contributed by atoms with Gasteiger partial charge < -0.3 is 4.74 Å². The monoisotopic (exact) mass is 471 g/mol. The number of fused-ring (bicyclic) bond motifs is 6. The molecule has 0 saturated carbocycles. The van der Waals surface area contributed by atoms with Crippen LogP contribution < -0.4 is 0 Å². The number of amides is 1. The Morgan fingerprint density at radius 2 is 1.50 bits per heavy atom. The van der Waals surface area contributed by atoms with E-state index in [0.717, 1.165) is 25.7 Å². The summed E-state index contributed by atoms with van der Waals surface area (Å²) in [6, 6.07) is 32.6. The SMILES string of the molecule is O=C(OCC1c2ccccc2-c2ccccc21)N1C2C=C(Cc3ccc4ccccc4c3)CC1CC2. The van der Waals surface area contributed by atoms with Crippen molar-refractivity contribution in [3.63, 3.8) is 0 Å². The number of hydrogen-bond acceptors (Lipinski definition) is 2. The summed E-state index contributed by atoms with van der Waals surface area (Å²) in [5.41, 5.74) is 7.81. The lowest BCUT2D eigenvalue weighted by Gasteiger charge is -2.33. The molecule has 0 N–H and O–H groups in total. The van der Waals surface area contributed by atoms with Crippen LogP contribution in [0.1, 0.15) is 41.9 Å². The van der Waals surface area contributed by atoms with Crippen molar-refractivity contribution in [1.82, 2.24) is 4.90 Å². The molecule has 1 aliphatic carbocycles. The van der Waals surface area contributed by atoms with Gasteiger partial charge in [-0.25, -0.2) is 4.79 Å². The molecule has 7 rings (SSSR count). The van der Waals surface area contributed by atoms with Crippen LogP contribution in [0.2, 0.25) is 0 Å². The summed E-state index contributed by atoms with van der Waals surface area (Å²) in [7, 11) is 0. The van der Waals surface area contributed by atoms with Gasteiger partial charge in [-0.2, -0.15) is 0 Å². The van der Waals surface area contributed by atoms with Crippen molar-refractivity contribution in [3.05, 3.63) is 119 Å². The van der Waals surface area contributed by atoms with Gasteiger partial charge in [0.05, 0.1) is 6.04 Å². The molecule has 4 aromatic rings. The van der Waals surface area contributed by atoms with Gasteiger partial charge in [0.1, 0.15) is 6.61 Å². The van der Waals surface area contributed by atoms with Gasteiger partial charge in [-0.1, -0.05) is 103 Å². The molecule has 2 unspecified atom stereocenters. The van der Waals surface area contributed by atoms with Gasteiger partial charge in [0.2, 0.25) is 0 Å². The minimum absolute atomic E-state index is 0.0998. The molecular weight excluding hydrogens is 442 g/mol. The number of carbonyl (C=O) groups excluding carboxylic acids is 1. The fraction of sp³-hybridized carbons (Fsp3) is 0.242. The molecule has 1 fully saturated rings. The summed E-state index contributed by atoms with van der Waals surface area (Å²) in [6.07, 6.45) is 6.14. The first-order chi connectivity index (χ1) is 17.7. The third-order valence-electron chi connectivity index (χ3n) is 8.26. The maximum Gasteiger partial charge on any atom is 0.410 e. The molecule has 0 spiro atoms. The van der Waals surface area contributed by atoms with E-state index in [-0.39, 0.29) is 24.1 Å². The van der Waals surface area contributed by atoms with E-state index in [1.54, 1.807) is 0 Å². The zero-order valence-corrected chi connectivity index (χ0v) is 20.3. The molecule has 3 aliphatic rings.